The zero-order chi connectivity index (χ0) is 30.5. The van der Waals surface area contributed by atoms with Crippen LogP contribution in [0.1, 0.15) is 18.1 Å². The molecule has 2 aliphatic rings. The molecule has 0 saturated carbocycles. The van der Waals surface area contributed by atoms with E-state index in [4.69, 9.17) is 13.8 Å². The molecule has 2 heterocycles. The van der Waals surface area contributed by atoms with Crippen LogP contribution in [0.15, 0.2) is 138 Å². The van der Waals surface area contributed by atoms with Gasteiger partial charge in [-0.3, -0.25) is 14.7 Å². The van der Waals surface area contributed by atoms with Crippen molar-refractivity contribution in [3.05, 3.63) is 144 Å². The monoisotopic (exact) mass is 624 g/mol. The molecule has 0 bridgehead atoms. The minimum atomic E-state index is -4.09. The fraction of sp³-hybridized carbons (Fsp3) is 0.147. The fourth-order valence-corrected chi connectivity index (χ4v) is 7.84. The Balaban J connectivity index is 1.32. The molecule has 0 aliphatic carbocycles. The number of hydrogen-bond donors (Lipinski definition) is 0. The summed E-state index contributed by atoms with van der Waals surface area (Å²) in [5.74, 6) is -0.880. The summed E-state index contributed by atoms with van der Waals surface area (Å²) in [6, 6.07) is 35.6. The third kappa shape index (κ3) is 6.34. The molecule has 44 heavy (non-hydrogen) atoms. The third-order valence-corrected chi connectivity index (χ3v) is 10.2. The van der Waals surface area contributed by atoms with Gasteiger partial charge >= 0.3 is 13.6 Å². The highest BCUT2D eigenvalue weighted by Gasteiger charge is 2.56. The van der Waals surface area contributed by atoms with Crippen molar-refractivity contribution in [3.63, 3.8) is 0 Å². The predicted octanol–water partition coefficient (Wildman–Crippen LogP) is 6.50. The van der Waals surface area contributed by atoms with Crippen molar-refractivity contribution < 1.29 is 27.9 Å². The summed E-state index contributed by atoms with van der Waals surface area (Å²) in [5.41, 5.74) is 1.71. The van der Waals surface area contributed by atoms with Crippen molar-refractivity contribution in [3.8, 4) is 5.75 Å². The van der Waals surface area contributed by atoms with Crippen molar-refractivity contribution in [1.82, 2.24) is 4.90 Å². The molecule has 0 spiro atoms. The van der Waals surface area contributed by atoms with Crippen molar-refractivity contribution in [2.75, 3.05) is 0 Å². The Labute approximate surface area is 259 Å². The van der Waals surface area contributed by atoms with E-state index in [1.807, 2.05) is 66.7 Å². The molecule has 3 atom stereocenters. The van der Waals surface area contributed by atoms with Crippen LogP contribution in [-0.2, 0) is 36.4 Å². The molecule has 0 radical (unpaired) electrons. The number of allylic oxidation sites excluding steroid dienone is 1. The summed E-state index contributed by atoms with van der Waals surface area (Å²) in [4.78, 5) is 33.2. The lowest BCUT2D eigenvalue weighted by atomic mass is 10.1. The molecule has 2 aliphatic heterocycles. The van der Waals surface area contributed by atoms with Crippen LogP contribution in [0, 0.1) is 0 Å². The number of hydrogen-bond acceptors (Lipinski definition) is 8. The van der Waals surface area contributed by atoms with Crippen molar-refractivity contribution in [1.29, 1.82) is 0 Å². The Morgan fingerprint density at radius 1 is 0.841 bits per heavy atom. The van der Waals surface area contributed by atoms with E-state index >= 15 is 0 Å². The maximum atomic E-state index is 14.4. The van der Waals surface area contributed by atoms with Gasteiger partial charge < -0.3 is 13.8 Å². The number of carbonyl (C=O) groups is 2. The maximum Gasteiger partial charge on any atom is 0.462 e. The van der Waals surface area contributed by atoms with Crippen molar-refractivity contribution in [2.45, 2.75) is 31.4 Å². The molecular formula is C34H29N2O6PS. The lowest BCUT2D eigenvalue weighted by Crippen LogP contribution is -2.61. The average Bonchev–Trinajstić information content (AvgIpc) is 3.42. The van der Waals surface area contributed by atoms with Crippen LogP contribution in [0.2, 0.25) is 0 Å². The predicted molar refractivity (Wildman–Crippen MR) is 170 cm³/mol. The van der Waals surface area contributed by atoms with Gasteiger partial charge in [0.05, 0.1) is 10.3 Å². The molecule has 8 nitrogen and oxygen atoms in total. The number of carbonyl (C=O) groups excluding carboxylic acids is 2. The molecule has 0 aromatic heterocycles. The van der Waals surface area contributed by atoms with E-state index < -0.39 is 25.0 Å². The van der Waals surface area contributed by atoms with Crippen LogP contribution in [0.4, 0.5) is 0 Å². The highest BCUT2D eigenvalue weighted by atomic mass is 32.2. The number of likely N-dealkylation sites (tertiary alicyclic amines) is 1. The highest BCUT2D eigenvalue weighted by molar-refractivity contribution is 8.14. The highest BCUT2D eigenvalue weighted by Crippen LogP contribution is 2.51. The number of aliphatic imine (C=N–C) groups is 1. The smallest absolute Gasteiger partial charge is 0.456 e. The van der Waals surface area contributed by atoms with Gasteiger partial charge in [0.25, 0.3) is 5.91 Å². The Kier molecular flexibility index (Phi) is 8.68. The zero-order valence-electron chi connectivity index (χ0n) is 23.8. The van der Waals surface area contributed by atoms with Crippen LogP contribution in [0.25, 0.3) is 0 Å². The number of fused-ring (bicyclic) bond motifs is 1. The van der Waals surface area contributed by atoms with Gasteiger partial charge in [-0.2, -0.15) is 0 Å². The molecule has 10 heteroatoms. The second-order valence-electron chi connectivity index (χ2n) is 10.1. The molecule has 222 valence electrons. The molecular weight excluding hydrogens is 595 g/mol. The second kappa shape index (κ2) is 13.0. The topological polar surface area (TPSA) is 94.5 Å². The van der Waals surface area contributed by atoms with Crippen LogP contribution < -0.4 is 9.83 Å². The zero-order valence-corrected chi connectivity index (χ0v) is 25.5. The first-order valence-electron chi connectivity index (χ1n) is 14.0. The average molecular weight is 625 g/mol. The van der Waals surface area contributed by atoms with E-state index in [1.165, 1.54) is 23.6 Å². The molecule has 1 amide bonds. The minimum absolute atomic E-state index is 0.0215. The van der Waals surface area contributed by atoms with E-state index in [9.17, 15) is 14.2 Å². The van der Waals surface area contributed by atoms with Gasteiger partial charge in [0.15, 0.2) is 11.7 Å². The van der Waals surface area contributed by atoms with Gasteiger partial charge in [-0.15, -0.1) is 0 Å². The molecule has 0 N–H and O–H groups in total. The molecule has 6 rings (SSSR count). The summed E-state index contributed by atoms with van der Waals surface area (Å²) in [6.07, 6.45) is 0.570. The first-order valence-corrected chi connectivity index (χ1v) is 16.5. The number of para-hydroxylation sites is 1. The Morgan fingerprint density at radius 2 is 1.41 bits per heavy atom. The summed E-state index contributed by atoms with van der Waals surface area (Å²) in [7, 11) is -4.09. The van der Waals surface area contributed by atoms with Crippen molar-refractivity contribution >= 4 is 41.6 Å². The summed E-state index contributed by atoms with van der Waals surface area (Å²) in [5, 5.41) is 0.613. The second-order valence-corrected chi connectivity index (χ2v) is 13.2. The number of amides is 1. The SMILES string of the molecule is CC(OP(=O)(Oc1ccccc1)c1ccccc1)=C(C(=O)OCc1ccccc1)N1C(=O)C2N=C(Cc3ccccc3)SC21. The number of benzene rings is 4. The summed E-state index contributed by atoms with van der Waals surface area (Å²) < 4.78 is 32.2. The van der Waals surface area contributed by atoms with E-state index in [2.05, 4.69) is 4.99 Å². The molecule has 4 aromatic carbocycles. The van der Waals surface area contributed by atoms with Crippen LogP contribution >= 0.6 is 19.4 Å². The first-order chi connectivity index (χ1) is 21.4. The number of ether oxygens (including phenoxy) is 1. The van der Waals surface area contributed by atoms with Gasteiger partial charge in [-0.05, 0) is 42.3 Å². The Hall–Kier alpha value is -4.59. The Bertz CT molecular complexity index is 1750. The largest absolute Gasteiger partial charge is 0.462 e. The lowest BCUT2D eigenvalue weighted by molar-refractivity contribution is -0.151. The lowest BCUT2D eigenvalue weighted by Gasteiger charge is -2.41. The van der Waals surface area contributed by atoms with Gasteiger partial charge in [0.2, 0.25) is 0 Å². The normalized spacial score (nSPS) is 19.1. The van der Waals surface area contributed by atoms with Gasteiger partial charge in [-0.1, -0.05) is 109 Å². The first kappa shape index (κ1) is 29.5. The molecule has 4 aromatic rings. The Morgan fingerprint density at radius 3 is 2.05 bits per heavy atom. The number of esters is 1. The third-order valence-electron chi connectivity index (χ3n) is 7.03. The quantitative estimate of drug-likeness (QED) is 0.0618. The van der Waals surface area contributed by atoms with Crippen molar-refractivity contribution in [2.24, 2.45) is 4.99 Å². The van der Waals surface area contributed by atoms with Crippen LogP contribution in [0.3, 0.4) is 0 Å². The number of β-lactam (4-membered cyclic amide) rings is 1. The maximum absolute atomic E-state index is 14.4. The fourth-order valence-electron chi connectivity index (χ4n) is 4.89. The van der Waals surface area contributed by atoms with Gasteiger partial charge in [0.1, 0.15) is 23.5 Å². The standard InChI is InChI=1S/C34H29N2O6PS/c1-24(41-43(39,28-20-12-5-13-21-28)42-27-18-10-4-11-19-27)31(34(38)40-23-26-16-8-3-9-17-26)36-32(37)30-33(36)44-29(35-30)22-25-14-6-2-7-15-25/h2-21,30,33H,22-23H2,1H3. The van der Waals surface area contributed by atoms with Gasteiger partial charge in [0, 0.05) is 6.42 Å². The summed E-state index contributed by atoms with van der Waals surface area (Å²) in [6.45, 7) is 1.47. The van der Waals surface area contributed by atoms with Crippen LogP contribution in [-0.4, -0.2) is 33.2 Å². The number of thioether (sulfide) groups is 1. The van der Waals surface area contributed by atoms with E-state index in [1.54, 1.807) is 54.6 Å². The van der Waals surface area contributed by atoms with Gasteiger partial charge in [-0.25, -0.2) is 9.36 Å². The van der Waals surface area contributed by atoms with E-state index in [-0.39, 0.29) is 29.3 Å². The minimum Gasteiger partial charge on any atom is -0.456 e. The molecule has 3 unspecified atom stereocenters. The molecule has 1 saturated heterocycles. The number of rotatable bonds is 11. The summed E-state index contributed by atoms with van der Waals surface area (Å²) >= 11 is 1.42. The number of nitrogens with zero attached hydrogens (tertiary/aromatic N) is 2. The van der Waals surface area contributed by atoms with Crippen LogP contribution in [0.5, 0.6) is 5.75 Å². The van der Waals surface area contributed by atoms with E-state index in [0.29, 0.717) is 12.2 Å². The molecule has 1 fully saturated rings. The van der Waals surface area contributed by atoms with E-state index in [0.717, 1.165) is 16.2 Å².